The van der Waals surface area contributed by atoms with Gasteiger partial charge < -0.3 is 10.5 Å². The van der Waals surface area contributed by atoms with E-state index in [9.17, 15) is 0 Å². The van der Waals surface area contributed by atoms with E-state index in [1.54, 1.807) is 0 Å². The van der Waals surface area contributed by atoms with Crippen LogP contribution in [0.3, 0.4) is 0 Å². The fraction of sp³-hybridized carbons (Fsp3) is 0.571. The summed E-state index contributed by atoms with van der Waals surface area (Å²) >= 11 is 3.54. The Hall–Kier alpha value is -0.540. The van der Waals surface area contributed by atoms with Crippen molar-refractivity contribution in [3.8, 4) is 5.75 Å². The quantitative estimate of drug-likeness (QED) is 0.910. The van der Waals surface area contributed by atoms with E-state index < -0.39 is 0 Å². The molecule has 1 fully saturated rings. The summed E-state index contributed by atoms with van der Waals surface area (Å²) in [6.07, 6.45) is 5.35. The number of hydrogen-bond acceptors (Lipinski definition) is 2. The molecule has 0 radical (unpaired) electrons. The van der Waals surface area contributed by atoms with Crippen LogP contribution in [-0.2, 0) is 0 Å². The van der Waals surface area contributed by atoms with Crippen molar-refractivity contribution in [2.45, 2.75) is 38.6 Å². The Labute approximate surface area is 112 Å². The molecule has 1 aromatic carbocycles. The van der Waals surface area contributed by atoms with E-state index in [-0.39, 0.29) is 6.04 Å². The fourth-order valence-electron chi connectivity index (χ4n) is 2.30. The monoisotopic (exact) mass is 297 g/mol. The molecule has 3 heteroatoms. The van der Waals surface area contributed by atoms with Crippen molar-refractivity contribution < 1.29 is 4.74 Å². The second kappa shape index (κ2) is 5.87. The second-order valence-corrected chi connectivity index (χ2v) is 5.79. The van der Waals surface area contributed by atoms with Gasteiger partial charge in [0.2, 0.25) is 0 Å². The molecule has 1 aliphatic rings. The lowest BCUT2D eigenvalue weighted by Crippen LogP contribution is -2.09. The summed E-state index contributed by atoms with van der Waals surface area (Å²) in [5.41, 5.74) is 6.97. The predicted octanol–water partition coefficient (Wildman–Crippen LogP) is 4.04. The number of nitrogens with two attached hydrogens (primary N) is 1. The van der Waals surface area contributed by atoms with E-state index >= 15 is 0 Å². The highest BCUT2D eigenvalue weighted by Crippen LogP contribution is 2.30. The molecule has 0 spiro atoms. The first kappa shape index (κ1) is 12.9. The molecule has 17 heavy (non-hydrogen) atoms. The Morgan fingerprint density at radius 2 is 2.12 bits per heavy atom. The van der Waals surface area contributed by atoms with Gasteiger partial charge in [0.05, 0.1) is 11.1 Å². The second-order valence-electron chi connectivity index (χ2n) is 4.94. The number of rotatable bonds is 4. The van der Waals surface area contributed by atoms with Gasteiger partial charge in [0.25, 0.3) is 0 Å². The highest BCUT2D eigenvalue weighted by molar-refractivity contribution is 9.10. The molecule has 2 nitrogen and oxygen atoms in total. The van der Waals surface area contributed by atoms with Crippen LogP contribution in [0, 0.1) is 5.92 Å². The Kier molecular flexibility index (Phi) is 4.46. The van der Waals surface area contributed by atoms with Gasteiger partial charge in [0.1, 0.15) is 5.75 Å². The summed E-state index contributed by atoms with van der Waals surface area (Å²) in [7, 11) is 0. The van der Waals surface area contributed by atoms with Crippen LogP contribution in [0.2, 0.25) is 0 Å². The topological polar surface area (TPSA) is 35.2 Å². The first-order valence-corrected chi connectivity index (χ1v) is 7.14. The molecule has 1 atom stereocenters. The molecule has 0 saturated heterocycles. The molecule has 1 saturated carbocycles. The van der Waals surface area contributed by atoms with Crippen molar-refractivity contribution in [3.05, 3.63) is 28.2 Å². The summed E-state index contributed by atoms with van der Waals surface area (Å²) in [5.74, 6) is 1.68. The summed E-state index contributed by atoms with van der Waals surface area (Å²) in [6, 6.07) is 6.17. The SMILES string of the molecule is C[C@H](N)c1ccc(OCC2CCCC2)c(Br)c1. The van der Waals surface area contributed by atoms with Gasteiger partial charge in [-0.3, -0.25) is 0 Å². The minimum Gasteiger partial charge on any atom is -0.492 e. The summed E-state index contributed by atoms with van der Waals surface area (Å²) in [5, 5.41) is 0. The smallest absolute Gasteiger partial charge is 0.133 e. The van der Waals surface area contributed by atoms with Crippen LogP contribution in [0.1, 0.15) is 44.2 Å². The van der Waals surface area contributed by atoms with Crippen molar-refractivity contribution >= 4 is 15.9 Å². The Balaban J connectivity index is 1.96. The van der Waals surface area contributed by atoms with Gasteiger partial charge in [-0.2, -0.15) is 0 Å². The molecule has 2 N–H and O–H groups in total. The highest BCUT2D eigenvalue weighted by atomic mass is 79.9. The van der Waals surface area contributed by atoms with E-state index in [0.717, 1.165) is 28.3 Å². The zero-order valence-corrected chi connectivity index (χ0v) is 11.9. The summed E-state index contributed by atoms with van der Waals surface area (Å²) < 4.78 is 6.87. The van der Waals surface area contributed by atoms with Crippen LogP contribution in [0.5, 0.6) is 5.75 Å². The van der Waals surface area contributed by atoms with Gasteiger partial charge in [-0.05, 0) is 59.3 Å². The lowest BCUT2D eigenvalue weighted by molar-refractivity contribution is 0.250. The summed E-state index contributed by atoms with van der Waals surface area (Å²) in [4.78, 5) is 0. The number of halogens is 1. The summed E-state index contributed by atoms with van der Waals surface area (Å²) in [6.45, 7) is 2.83. The van der Waals surface area contributed by atoms with Crippen LogP contribution in [0.25, 0.3) is 0 Å². The third-order valence-electron chi connectivity index (χ3n) is 3.43. The van der Waals surface area contributed by atoms with Crippen LogP contribution in [0.15, 0.2) is 22.7 Å². The minimum atomic E-state index is 0.0650. The van der Waals surface area contributed by atoms with Crippen LogP contribution in [-0.4, -0.2) is 6.61 Å². The standard InChI is InChI=1S/C14H20BrNO/c1-10(16)12-6-7-14(13(15)8-12)17-9-11-4-2-3-5-11/h6-8,10-11H,2-5,9,16H2,1H3/t10-/m0/s1. The van der Waals surface area contributed by atoms with Crippen molar-refractivity contribution in [1.82, 2.24) is 0 Å². The van der Waals surface area contributed by atoms with E-state index in [0.29, 0.717) is 0 Å². The molecule has 0 amide bonds. The normalized spacial score (nSPS) is 18.3. The molecule has 0 unspecified atom stereocenters. The van der Waals surface area contributed by atoms with Crippen molar-refractivity contribution in [2.24, 2.45) is 11.7 Å². The highest BCUT2D eigenvalue weighted by Gasteiger charge is 2.16. The molecule has 1 aliphatic carbocycles. The Morgan fingerprint density at radius 1 is 1.41 bits per heavy atom. The lowest BCUT2D eigenvalue weighted by atomic mass is 10.1. The van der Waals surface area contributed by atoms with Crippen molar-refractivity contribution in [2.75, 3.05) is 6.61 Å². The van der Waals surface area contributed by atoms with Gasteiger partial charge in [0.15, 0.2) is 0 Å². The Bertz CT molecular complexity index is 372. The molecule has 1 aromatic rings. The molecule has 0 heterocycles. The maximum atomic E-state index is 5.87. The molecular weight excluding hydrogens is 278 g/mol. The predicted molar refractivity (Wildman–Crippen MR) is 74.2 cm³/mol. The minimum absolute atomic E-state index is 0.0650. The van der Waals surface area contributed by atoms with E-state index in [2.05, 4.69) is 22.0 Å². The average molecular weight is 298 g/mol. The van der Waals surface area contributed by atoms with Crippen LogP contribution in [0.4, 0.5) is 0 Å². The third-order valence-corrected chi connectivity index (χ3v) is 4.05. The van der Waals surface area contributed by atoms with Gasteiger partial charge in [-0.15, -0.1) is 0 Å². The molecule has 0 aliphatic heterocycles. The zero-order chi connectivity index (χ0) is 12.3. The van der Waals surface area contributed by atoms with Gasteiger partial charge in [0, 0.05) is 6.04 Å². The first-order valence-electron chi connectivity index (χ1n) is 6.34. The van der Waals surface area contributed by atoms with E-state index in [1.165, 1.54) is 25.7 Å². The maximum Gasteiger partial charge on any atom is 0.133 e. The molecule has 2 rings (SSSR count). The van der Waals surface area contributed by atoms with Crippen molar-refractivity contribution in [1.29, 1.82) is 0 Å². The fourth-order valence-corrected chi connectivity index (χ4v) is 2.81. The zero-order valence-electron chi connectivity index (χ0n) is 10.3. The first-order chi connectivity index (χ1) is 8.16. The van der Waals surface area contributed by atoms with E-state index in [1.807, 2.05) is 19.1 Å². The largest absolute Gasteiger partial charge is 0.492 e. The molecule has 94 valence electrons. The van der Waals surface area contributed by atoms with Gasteiger partial charge >= 0.3 is 0 Å². The van der Waals surface area contributed by atoms with Crippen LogP contribution >= 0.6 is 15.9 Å². The lowest BCUT2D eigenvalue weighted by Gasteiger charge is -2.14. The van der Waals surface area contributed by atoms with E-state index in [4.69, 9.17) is 10.5 Å². The third kappa shape index (κ3) is 3.46. The van der Waals surface area contributed by atoms with Crippen molar-refractivity contribution in [3.63, 3.8) is 0 Å². The Morgan fingerprint density at radius 3 is 2.71 bits per heavy atom. The average Bonchev–Trinajstić information content (AvgIpc) is 2.80. The number of ether oxygens (including phenoxy) is 1. The molecule has 0 aromatic heterocycles. The van der Waals surface area contributed by atoms with Crippen LogP contribution < -0.4 is 10.5 Å². The van der Waals surface area contributed by atoms with Gasteiger partial charge in [-0.1, -0.05) is 18.9 Å². The number of hydrogen-bond donors (Lipinski definition) is 1. The molecular formula is C14H20BrNO. The molecule has 0 bridgehead atoms. The maximum absolute atomic E-state index is 5.87. The van der Waals surface area contributed by atoms with Gasteiger partial charge in [-0.25, -0.2) is 0 Å². The number of benzene rings is 1.